The number of hydrogen-bond donors (Lipinski definition) is 1. The van der Waals surface area contributed by atoms with Gasteiger partial charge in [0.05, 0.1) is 12.7 Å². The molecule has 0 aliphatic heterocycles. The summed E-state index contributed by atoms with van der Waals surface area (Å²) in [5.74, 6) is 0.269. The summed E-state index contributed by atoms with van der Waals surface area (Å²) < 4.78 is 10.1. The third kappa shape index (κ3) is 3.43. The van der Waals surface area contributed by atoms with Gasteiger partial charge in [-0.1, -0.05) is 5.16 Å². The second-order valence-electron chi connectivity index (χ2n) is 6.58. The minimum Gasteiger partial charge on any atom is -0.465 e. The molecule has 0 saturated heterocycles. The first-order valence-corrected chi connectivity index (χ1v) is 9.83. The number of rotatable bonds is 4. The number of methoxy groups -OCH3 is 1. The van der Waals surface area contributed by atoms with Crippen LogP contribution in [-0.2, 0) is 17.6 Å². The van der Waals surface area contributed by atoms with Crippen molar-refractivity contribution in [2.45, 2.75) is 32.6 Å². The number of aryl methyl sites for hydroxylation is 2. The van der Waals surface area contributed by atoms with E-state index in [2.05, 4.69) is 15.5 Å². The van der Waals surface area contributed by atoms with Crippen LogP contribution in [-0.4, -0.2) is 29.1 Å². The molecule has 0 bridgehead atoms. The first-order valence-electron chi connectivity index (χ1n) is 9.01. The fourth-order valence-corrected chi connectivity index (χ4v) is 4.60. The van der Waals surface area contributed by atoms with Crippen molar-refractivity contribution in [2.24, 2.45) is 0 Å². The van der Waals surface area contributed by atoms with Crippen LogP contribution >= 0.6 is 11.3 Å². The van der Waals surface area contributed by atoms with Crippen LogP contribution in [0.25, 0.3) is 11.5 Å². The maximum absolute atomic E-state index is 12.7. The monoisotopic (exact) mass is 397 g/mol. The molecule has 0 saturated carbocycles. The third-order valence-corrected chi connectivity index (χ3v) is 5.92. The van der Waals surface area contributed by atoms with Crippen LogP contribution in [0, 0.1) is 6.92 Å². The van der Waals surface area contributed by atoms with Crippen LogP contribution in [0.5, 0.6) is 0 Å². The quantitative estimate of drug-likeness (QED) is 0.668. The maximum Gasteiger partial charge on any atom is 0.341 e. The number of carbonyl (C=O) groups is 2. The average Bonchev–Trinajstić information content (AvgIpc) is 3.30. The molecule has 0 radical (unpaired) electrons. The summed E-state index contributed by atoms with van der Waals surface area (Å²) in [6.45, 7) is 1.74. The number of nitrogens with one attached hydrogen (secondary N) is 1. The molecule has 2 aromatic heterocycles. The lowest BCUT2D eigenvalue weighted by Gasteiger charge is -2.11. The molecular weight excluding hydrogens is 378 g/mol. The Labute approximate surface area is 165 Å². The summed E-state index contributed by atoms with van der Waals surface area (Å²) in [5, 5.41) is 7.21. The molecule has 1 aliphatic carbocycles. The van der Waals surface area contributed by atoms with E-state index in [4.69, 9.17) is 9.26 Å². The standard InChI is InChI=1S/C20H19N3O4S/c1-11-21-18(27-23-11)13-9-7-12(8-10-13)17(24)22-19-16(20(25)26-2)14-5-3-4-6-15(14)28-19/h7-10H,3-6H2,1-2H3,(H,22,24). The summed E-state index contributed by atoms with van der Waals surface area (Å²) in [4.78, 5) is 30.4. The van der Waals surface area contributed by atoms with Crippen LogP contribution in [0.1, 0.15) is 49.8 Å². The number of carbonyl (C=O) groups excluding carboxylic acids is 2. The minimum atomic E-state index is -0.406. The van der Waals surface area contributed by atoms with Crippen molar-refractivity contribution in [1.29, 1.82) is 0 Å². The van der Waals surface area contributed by atoms with E-state index in [-0.39, 0.29) is 5.91 Å². The van der Waals surface area contributed by atoms with Crippen LogP contribution in [0.15, 0.2) is 28.8 Å². The minimum absolute atomic E-state index is 0.281. The Bertz CT molecular complexity index is 1040. The summed E-state index contributed by atoms with van der Waals surface area (Å²) in [6, 6.07) is 6.89. The SMILES string of the molecule is COC(=O)c1c(NC(=O)c2ccc(-c3nc(C)no3)cc2)sc2c1CCCC2. The van der Waals surface area contributed by atoms with Gasteiger partial charge in [0.15, 0.2) is 5.82 Å². The summed E-state index contributed by atoms with van der Waals surface area (Å²) in [6.07, 6.45) is 3.90. The van der Waals surface area contributed by atoms with Crippen molar-refractivity contribution in [3.63, 3.8) is 0 Å². The highest BCUT2D eigenvalue weighted by Gasteiger charge is 2.27. The second kappa shape index (κ2) is 7.55. The van der Waals surface area contributed by atoms with E-state index in [1.807, 2.05) is 0 Å². The molecule has 4 rings (SSSR count). The van der Waals surface area contributed by atoms with Crippen LogP contribution in [0.2, 0.25) is 0 Å². The van der Waals surface area contributed by atoms with Crippen LogP contribution < -0.4 is 5.32 Å². The number of esters is 1. The Morgan fingerprint density at radius 1 is 1.18 bits per heavy atom. The molecule has 0 spiro atoms. The second-order valence-corrected chi connectivity index (χ2v) is 7.69. The number of anilines is 1. The molecular formula is C20H19N3O4S. The molecule has 3 aromatic rings. The predicted octanol–water partition coefficient (Wildman–Crippen LogP) is 4.02. The van der Waals surface area contributed by atoms with Crippen molar-refractivity contribution < 1.29 is 18.8 Å². The normalized spacial score (nSPS) is 13.1. The number of fused-ring (bicyclic) bond motifs is 1. The van der Waals surface area contributed by atoms with Crippen molar-refractivity contribution in [3.05, 3.63) is 51.7 Å². The van der Waals surface area contributed by atoms with E-state index >= 15 is 0 Å². The molecule has 7 nitrogen and oxygen atoms in total. The van der Waals surface area contributed by atoms with E-state index in [1.165, 1.54) is 18.4 Å². The Balaban J connectivity index is 1.58. The lowest BCUT2D eigenvalue weighted by Crippen LogP contribution is -2.15. The Morgan fingerprint density at radius 3 is 2.61 bits per heavy atom. The van der Waals surface area contributed by atoms with Gasteiger partial charge in [0, 0.05) is 16.0 Å². The number of benzene rings is 1. The maximum atomic E-state index is 12.7. The fraction of sp³-hybridized carbons (Fsp3) is 0.300. The molecule has 28 heavy (non-hydrogen) atoms. The smallest absolute Gasteiger partial charge is 0.341 e. The van der Waals surface area contributed by atoms with Gasteiger partial charge in [0.25, 0.3) is 11.8 Å². The molecule has 1 N–H and O–H groups in total. The van der Waals surface area contributed by atoms with Gasteiger partial charge in [-0.2, -0.15) is 4.98 Å². The summed E-state index contributed by atoms with van der Waals surface area (Å²) in [7, 11) is 1.36. The summed E-state index contributed by atoms with van der Waals surface area (Å²) >= 11 is 1.47. The van der Waals surface area contributed by atoms with E-state index in [9.17, 15) is 9.59 Å². The van der Waals surface area contributed by atoms with E-state index in [0.717, 1.165) is 41.7 Å². The first kappa shape index (κ1) is 18.4. The number of aromatic nitrogens is 2. The molecule has 144 valence electrons. The summed E-state index contributed by atoms with van der Waals surface area (Å²) in [5.41, 5.74) is 2.72. The zero-order valence-electron chi connectivity index (χ0n) is 15.6. The van der Waals surface area contributed by atoms with Crippen molar-refractivity contribution >= 4 is 28.2 Å². The van der Waals surface area contributed by atoms with Crippen molar-refractivity contribution in [1.82, 2.24) is 10.1 Å². The predicted molar refractivity (Wildman–Crippen MR) is 105 cm³/mol. The fourth-order valence-electron chi connectivity index (χ4n) is 3.33. The Hall–Kier alpha value is -3.00. The highest BCUT2D eigenvalue weighted by Crippen LogP contribution is 2.38. The number of nitrogens with zero attached hydrogens (tertiary/aromatic N) is 2. The average molecular weight is 397 g/mol. The Morgan fingerprint density at radius 2 is 1.93 bits per heavy atom. The number of ether oxygens (including phenoxy) is 1. The number of thiophene rings is 1. The zero-order chi connectivity index (χ0) is 19.7. The Kier molecular flexibility index (Phi) is 4.95. The molecule has 1 aromatic carbocycles. The van der Waals surface area contributed by atoms with Gasteiger partial charge in [0.1, 0.15) is 5.00 Å². The molecule has 8 heteroatoms. The molecule has 1 aliphatic rings. The lowest BCUT2D eigenvalue weighted by molar-refractivity contribution is 0.0601. The third-order valence-electron chi connectivity index (χ3n) is 4.71. The largest absolute Gasteiger partial charge is 0.465 e. The number of hydrogen-bond acceptors (Lipinski definition) is 7. The van der Waals surface area contributed by atoms with Crippen LogP contribution in [0.3, 0.4) is 0 Å². The molecule has 0 atom stereocenters. The van der Waals surface area contributed by atoms with Crippen LogP contribution in [0.4, 0.5) is 5.00 Å². The van der Waals surface area contributed by atoms with Gasteiger partial charge < -0.3 is 14.6 Å². The van der Waals surface area contributed by atoms with Gasteiger partial charge in [-0.05, 0) is 62.4 Å². The van der Waals surface area contributed by atoms with E-state index < -0.39 is 5.97 Å². The van der Waals surface area contributed by atoms with Gasteiger partial charge in [-0.3, -0.25) is 4.79 Å². The zero-order valence-corrected chi connectivity index (χ0v) is 16.4. The highest BCUT2D eigenvalue weighted by molar-refractivity contribution is 7.17. The van der Waals surface area contributed by atoms with Crippen molar-refractivity contribution in [3.8, 4) is 11.5 Å². The van der Waals surface area contributed by atoms with Gasteiger partial charge in [0.2, 0.25) is 0 Å². The molecule has 2 heterocycles. The van der Waals surface area contributed by atoms with Gasteiger partial charge >= 0.3 is 5.97 Å². The molecule has 0 unspecified atom stereocenters. The van der Waals surface area contributed by atoms with E-state index in [0.29, 0.717) is 27.8 Å². The van der Waals surface area contributed by atoms with Gasteiger partial charge in [-0.15, -0.1) is 11.3 Å². The highest BCUT2D eigenvalue weighted by atomic mass is 32.1. The van der Waals surface area contributed by atoms with E-state index in [1.54, 1.807) is 31.2 Å². The molecule has 1 amide bonds. The first-order chi connectivity index (χ1) is 13.6. The molecule has 0 fully saturated rings. The van der Waals surface area contributed by atoms with Gasteiger partial charge in [-0.25, -0.2) is 4.79 Å². The topological polar surface area (TPSA) is 94.3 Å². The lowest BCUT2D eigenvalue weighted by atomic mass is 9.95. The van der Waals surface area contributed by atoms with Crippen molar-refractivity contribution in [2.75, 3.05) is 12.4 Å². The number of amides is 1.